The zero-order valence-corrected chi connectivity index (χ0v) is 17.4. The van der Waals surface area contributed by atoms with E-state index >= 15 is 0 Å². The van der Waals surface area contributed by atoms with Crippen molar-refractivity contribution < 1.29 is 32.2 Å². The topological polar surface area (TPSA) is 111 Å². The van der Waals surface area contributed by atoms with Gasteiger partial charge in [-0.25, -0.2) is 13.2 Å². The third kappa shape index (κ3) is 4.61. The molecule has 0 radical (unpaired) electrons. The van der Waals surface area contributed by atoms with Crippen LogP contribution in [0.15, 0.2) is 47.4 Å². The molecule has 0 spiro atoms. The minimum Gasteiger partial charge on any atom is -0.497 e. The average Bonchev–Trinajstić information content (AvgIpc) is 2.79. The summed E-state index contributed by atoms with van der Waals surface area (Å²) in [6.45, 7) is 1.17. The maximum Gasteiger partial charge on any atom is 0.340 e. The van der Waals surface area contributed by atoms with Crippen LogP contribution in [0.2, 0.25) is 0 Å². The lowest BCUT2D eigenvalue weighted by atomic mass is 10.1. The van der Waals surface area contributed by atoms with Crippen LogP contribution in [0.5, 0.6) is 5.75 Å². The van der Waals surface area contributed by atoms with Crippen LogP contribution >= 0.6 is 0 Å². The number of benzene rings is 2. The molecule has 10 heteroatoms. The Bertz CT molecular complexity index is 1050. The van der Waals surface area contributed by atoms with Crippen molar-refractivity contribution in [2.45, 2.75) is 4.90 Å². The van der Waals surface area contributed by atoms with Gasteiger partial charge in [0.2, 0.25) is 10.0 Å². The largest absolute Gasteiger partial charge is 0.497 e. The molecule has 2 aromatic rings. The van der Waals surface area contributed by atoms with Gasteiger partial charge >= 0.3 is 5.97 Å². The molecule has 1 saturated heterocycles. The zero-order chi connectivity index (χ0) is 21.7. The Hall–Kier alpha value is -2.95. The van der Waals surface area contributed by atoms with Gasteiger partial charge in [0.05, 0.1) is 43.6 Å². The number of nitrogens with zero attached hydrogens (tertiary/aromatic N) is 1. The first-order chi connectivity index (χ1) is 14.4. The van der Waals surface area contributed by atoms with Crippen LogP contribution < -0.4 is 10.1 Å². The number of nitrogens with one attached hydrogen (secondary N) is 1. The minimum absolute atomic E-state index is 0.0139. The number of morpholine rings is 1. The summed E-state index contributed by atoms with van der Waals surface area (Å²) in [4.78, 5) is 24.8. The van der Waals surface area contributed by atoms with Crippen molar-refractivity contribution in [2.24, 2.45) is 0 Å². The smallest absolute Gasteiger partial charge is 0.340 e. The molecule has 0 unspecified atom stereocenters. The Morgan fingerprint density at radius 2 is 1.80 bits per heavy atom. The highest BCUT2D eigenvalue weighted by molar-refractivity contribution is 7.89. The van der Waals surface area contributed by atoms with Crippen molar-refractivity contribution in [2.75, 3.05) is 45.8 Å². The highest BCUT2D eigenvalue weighted by Crippen LogP contribution is 2.24. The van der Waals surface area contributed by atoms with Crippen LogP contribution in [-0.2, 0) is 19.5 Å². The molecule has 0 aromatic heterocycles. The summed E-state index contributed by atoms with van der Waals surface area (Å²) < 4.78 is 42.1. The fourth-order valence-electron chi connectivity index (χ4n) is 2.97. The van der Waals surface area contributed by atoms with Crippen molar-refractivity contribution >= 4 is 27.6 Å². The van der Waals surface area contributed by atoms with Crippen molar-refractivity contribution in [1.82, 2.24) is 4.31 Å². The molecule has 1 aliphatic rings. The highest BCUT2D eigenvalue weighted by atomic mass is 32.2. The van der Waals surface area contributed by atoms with Crippen LogP contribution in [0, 0.1) is 0 Å². The second-order valence-corrected chi connectivity index (χ2v) is 8.34. The lowest BCUT2D eigenvalue weighted by molar-refractivity contribution is 0.0601. The SMILES string of the molecule is COC(=O)c1cc(OC)ccc1NC(=O)c1cccc(S(=O)(=O)N2CCOCC2)c1. The number of ether oxygens (including phenoxy) is 3. The van der Waals surface area contributed by atoms with E-state index in [0.717, 1.165) is 0 Å². The molecule has 30 heavy (non-hydrogen) atoms. The molecule has 2 aromatic carbocycles. The minimum atomic E-state index is -3.74. The van der Waals surface area contributed by atoms with Gasteiger partial charge in [-0.05, 0) is 36.4 Å². The Morgan fingerprint density at radius 3 is 2.47 bits per heavy atom. The van der Waals surface area contributed by atoms with Gasteiger partial charge in [-0.1, -0.05) is 6.07 Å². The van der Waals surface area contributed by atoms with E-state index in [0.29, 0.717) is 19.0 Å². The molecule has 1 N–H and O–H groups in total. The summed E-state index contributed by atoms with van der Waals surface area (Å²) >= 11 is 0. The molecule has 9 nitrogen and oxygen atoms in total. The normalized spacial score (nSPS) is 14.7. The first kappa shape index (κ1) is 21.8. The number of rotatable bonds is 6. The monoisotopic (exact) mass is 434 g/mol. The van der Waals surface area contributed by atoms with Gasteiger partial charge in [0.15, 0.2) is 0 Å². The van der Waals surface area contributed by atoms with Crippen LogP contribution in [-0.4, -0.2) is 65.1 Å². The summed E-state index contributed by atoms with van der Waals surface area (Å²) in [5, 5.41) is 2.63. The van der Waals surface area contributed by atoms with E-state index in [1.54, 1.807) is 6.07 Å². The van der Waals surface area contributed by atoms with Crippen molar-refractivity contribution in [3.05, 3.63) is 53.6 Å². The number of sulfonamides is 1. The molecule has 1 aliphatic heterocycles. The van der Waals surface area contributed by atoms with E-state index in [2.05, 4.69) is 5.32 Å². The van der Waals surface area contributed by atoms with Crippen molar-refractivity contribution in [3.63, 3.8) is 0 Å². The maximum absolute atomic E-state index is 12.8. The van der Waals surface area contributed by atoms with E-state index < -0.39 is 21.9 Å². The molecule has 3 rings (SSSR count). The van der Waals surface area contributed by atoms with Crippen LogP contribution in [0.25, 0.3) is 0 Å². The van der Waals surface area contributed by atoms with Crippen LogP contribution in [0.4, 0.5) is 5.69 Å². The number of amides is 1. The third-order valence-corrected chi connectivity index (χ3v) is 6.48. The van der Waals surface area contributed by atoms with E-state index in [1.165, 1.54) is 54.9 Å². The molecule has 160 valence electrons. The molecular formula is C20H22N2O7S. The molecule has 1 heterocycles. The van der Waals surface area contributed by atoms with Gasteiger partial charge in [0.25, 0.3) is 5.91 Å². The molecule has 0 bridgehead atoms. The second-order valence-electron chi connectivity index (χ2n) is 6.40. The Morgan fingerprint density at radius 1 is 1.07 bits per heavy atom. The first-order valence-corrected chi connectivity index (χ1v) is 10.6. The van der Waals surface area contributed by atoms with Gasteiger partial charge < -0.3 is 19.5 Å². The number of hydrogen-bond acceptors (Lipinski definition) is 7. The summed E-state index contributed by atoms with van der Waals surface area (Å²) in [5.74, 6) is -0.788. The third-order valence-electron chi connectivity index (χ3n) is 4.58. The van der Waals surface area contributed by atoms with E-state index in [9.17, 15) is 18.0 Å². The summed E-state index contributed by atoms with van der Waals surface area (Å²) in [7, 11) is -1.06. The highest BCUT2D eigenvalue weighted by Gasteiger charge is 2.27. The molecular weight excluding hydrogens is 412 g/mol. The zero-order valence-electron chi connectivity index (χ0n) is 16.6. The molecule has 1 fully saturated rings. The van der Waals surface area contributed by atoms with Gasteiger partial charge in [-0.3, -0.25) is 4.79 Å². The molecule has 0 saturated carbocycles. The van der Waals surface area contributed by atoms with Crippen LogP contribution in [0.3, 0.4) is 0 Å². The average molecular weight is 434 g/mol. The maximum atomic E-state index is 12.8. The van der Waals surface area contributed by atoms with E-state index in [4.69, 9.17) is 14.2 Å². The van der Waals surface area contributed by atoms with Gasteiger partial charge in [-0.15, -0.1) is 0 Å². The van der Waals surface area contributed by atoms with Crippen LogP contribution in [0.1, 0.15) is 20.7 Å². The number of esters is 1. The summed E-state index contributed by atoms with van der Waals surface area (Å²) in [5.41, 5.74) is 0.465. The fourth-order valence-corrected chi connectivity index (χ4v) is 4.42. The molecule has 0 aliphatic carbocycles. The van der Waals surface area contributed by atoms with E-state index in [1.807, 2.05) is 0 Å². The second kappa shape index (κ2) is 9.24. The van der Waals surface area contributed by atoms with Crippen molar-refractivity contribution in [1.29, 1.82) is 0 Å². The van der Waals surface area contributed by atoms with Crippen molar-refractivity contribution in [3.8, 4) is 5.75 Å². The molecule has 1 amide bonds. The van der Waals surface area contributed by atoms with E-state index in [-0.39, 0.29) is 34.8 Å². The predicted molar refractivity (Wildman–Crippen MR) is 108 cm³/mol. The quantitative estimate of drug-likeness (QED) is 0.690. The lowest BCUT2D eigenvalue weighted by Crippen LogP contribution is -2.40. The number of anilines is 1. The van der Waals surface area contributed by atoms with Gasteiger partial charge in [0, 0.05) is 18.7 Å². The summed E-state index contributed by atoms with van der Waals surface area (Å²) in [6.07, 6.45) is 0. The Kier molecular flexibility index (Phi) is 6.70. The number of carbonyl (C=O) groups excluding carboxylic acids is 2. The van der Waals surface area contributed by atoms with Gasteiger partial charge in [-0.2, -0.15) is 4.31 Å². The number of methoxy groups -OCH3 is 2. The fraction of sp³-hybridized carbons (Fsp3) is 0.300. The van der Waals surface area contributed by atoms with Gasteiger partial charge in [0.1, 0.15) is 5.75 Å². The predicted octanol–water partition coefficient (Wildman–Crippen LogP) is 1.75. The lowest BCUT2D eigenvalue weighted by Gasteiger charge is -2.26. The molecule has 0 atom stereocenters. The number of hydrogen-bond donors (Lipinski definition) is 1. The Labute approximate surface area is 174 Å². The summed E-state index contributed by atoms with van der Waals surface area (Å²) in [6, 6.07) is 10.3. The Balaban J connectivity index is 1.87. The first-order valence-electron chi connectivity index (χ1n) is 9.12. The number of carbonyl (C=O) groups is 2. The standard InChI is InChI=1S/C20H22N2O7S/c1-27-15-6-7-18(17(13-15)20(24)28-2)21-19(23)14-4-3-5-16(12-14)30(25,26)22-8-10-29-11-9-22/h3-7,12-13H,8-11H2,1-2H3,(H,21,23).